The molecule has 6 heteroatoms. The Balaban J connectivity index is 2.24. The van der Waals surface area contributed by atoms with Gasteiger partial charge in [0, 0.05) is 11.4 Å². The second kappa shape index (κ2) is 7.06. The van der Waals surface area contributed by atoms with Gasteiger partial charge in [0.2, 0.25) is 0 Å². The van der Waals surface area contributed by atoms with E-state index in [1.807, 2.05) is 38.1 Å². The summed E-state index contributed by atoms with van der Waals surface area (Å²) in [5.41, 5.74) is 1.57. The normalized spacial score (nSPS) is 11.5. The molecule has 2 rings (SSSR count). The fourth-order valence-corrected chi connectivity index (χ4v) is 4.32. The van der Waals surface area contributed by atoms with Gasteiger partial charge in [-0.15, -0.1) is 11.3 Å². The van der Waals surface area contributed by atoms with Crippen molar-refractivity contribution in [3.05, 3.63) is 46.8 Å². The van der Waals surface area contributed by atoms with E-state index < -0.39 is 10.0 Å². The van der Waals surface area contributed by atoms with Gasteiger partial charge in [-0.25, -0.2) is 8.42 Å². The zero-order valence-electron chi connectivity index (χ0n) is 12.2. The van der Waals surface area contributed by atoms with E-state index in [4.69, 9.17) is 0 Å². The van der Waals surface area contributed by atoms with Crippen LogP contribution in [-0.4, -0.2) is 15.0 Å². The van der Waals surface area contributed by atoms with E-state index in [1.165, 1.54) is 11.3 Å². The summed E-state index contributed by atoms with van der Waals surface area (Å²) in [6.45, 7) is 5.51. The van der Waals surface area contributed by atoms with E-state index in [0.717, 1.165) is 23.4 Å². The summed E-state index contributed by atoms with van der Waals surface area (Å²) in [6.07, 6.45) is 0.844. The lowest BCUT2D eigenvalue weighted by atomic mass is 10.2. The van der Waals surface area contributed by atoms with Crippen LogP contribution in [0.5, 0.6) is 0 Å². The molecule has 0 spiro atoms. The van der Waals surface area contributed by atoms with Crippen molar-refractivity contribution in [2.75, 3.05) is 11.3 Å². The van der Waals surface area contributed by atoms with Crippen LogP contribution in [0.1, 0.15) is 24.3 Å². The molecule has 114 valence electrons. The summed E-state index contributed by atoms with van der Waals surface area (Å²) in [7, 11) is -3.51. The van der Waals surface area contributed by atoms with Crippen molar-refractivity contribution in [1.82, 2.24) is 5.32 Å². The van der Waals surface area contributed by atoms with E-state index in [9.17, 15) is 8.42 Å². The largest absolute Gasteiger partial charge is 0.313 e. The maximum atomic E-state index is 12.4. The van der Waals surface area contributed by atoms with Crippen LogP contribution in [-0.2, 0) is 23.0 Å². The minimum absolute atomic E-state index is 0.359. The Morgan fingerprint density at radius 3 is 2.52 bits per heavy atom. The van der Waals surface area contributed by atoms with Crippen LogP contribution in [0.2, 0.25) is 0 Å². The minimum atomic E-state index is -3.51. The van der Waals surface area contributed by atoms with Crippen molar-refractivity contribution in [3.8, 4) is 0 Å². The highest BCUT2D eigenvalue weighted by atomic mass is 32.2. The summed E-state index contributed by atoms with van der Waals surface area (Å²) in [4.78, 5) is 1.07. The summed E-state index contributed by atoms with van der Waals surface area (Å²) < 4.78 is 27.9. The number of nitrogens with one attached hydrogen (secondary N) is 2. The number of aryl methyl sites for hydroxylation is 1. The lowest BCUT2D eigenvalue weighted by Crippen LogP contribution is -2.16. The zero-order valence-corrected chi connectivity index (χ0v) is 13.9. The SMILES string of the molecule is CCNCc1ccccc1NS(=O)(=O)c1ccc(CC)s1. The molecule has 4 nitrogen and oxygen atoms in total. The summed E-state index contributed by atoms with van der Waals surface area (Å²) in [6, 6.07) is 11.0. The number of benzene rings is 1. The third-order valence-electron chi connectivity index (χ3n) is 3.08. The Bertz CT molecular complexity index is 693. The zero-order chi connectivity index (χ0) is 15.3. The van der Waals surface area contributed by atoms with Crippen molar-refractivity contribution in [1.29, 1.82) is 0 Å². The molecule has 0 aliphatic heterocycles. The number of sulfonamides is 1. The van der Waals surface area contributed by atoms with Crippen molar-refractivity contribution in [2.24, 2.45) is 0 Å². The predicted octanol–water partition coefficient (Wildman–Crippen LogP) is 3.22. The Hall–Kier alpha value is -1.37. The Labute approximate surface area is 130 Å². The van der Waals surface area contributed by atoms with Crippen molar-refractivity contribution < 1.29 is 8.42 Å². The maximum Gasteiger partial charge on any atom is 0.271 e. The average Bonchev–Trinajstić information content (AvgIpc) is 2.96. The van der Waals surface area contributed by atoms with Gasteiger partial charge in [-0.2, -0.15) is 0 Å². The quantitative estimate of drug-likeness (QED) is 0.822. The number of hydrogen-bond acceptors (Lipinski definition) is 4. The fourth-order valence-electron chi connectivity index (χ4n) is 1.92. The lowest BCUT2D eigenvalue weighted by Gasteiger charge is -2.12. The molecule has 1 aromatic carbocycles. The van der Waals surface area contributed by atoms with Gasteiger partial charge >= 0.3 is 0 Å². The van der Waals surface area contributed by atoms with E-state index in [-0.39, 0.29) is 0 Å². The highest BCUT2D eigenvalue weighted by Gasteiger charge is 2.17. The minimum Gasteiger partial charge on any atom is -0.313 e. The van der Waals surface area contributed by atoms with Gasteiger partial charge in [0.25, 0.3) is 10.0 Å². The first kappa shape index (κ1) is 16.0. The van der Waals surface area contributed by atoms with Gasteiger partial charge in [0.15, 0.2) is 0 Å². The van der Waals surface area contributed by atoms with Gasteiger partial charge in [-0.05, 0) is 36.7 Å². The summed E-state index contributed by atoms with van der Waals surface area (Å²) in [5, 5.41) is 3.21. The second-order valence-corrected chi connectivity index (χ2v) is 7.69. The Kier molecular flexibility index (Phi) is 5.39. The van der Waals surface area contributed by atoms with Crippen LogP contribution < -0.4 is 10.0 Å². The first-order valence-corrected chi connectivity index (χ1v) is 9.27. The molecule has 0 unspecified atom stereocenters. The van der Waals surface area contributed by atoms with Crippen molar-refractivity contribution in [3.63, 3.8) is 0 Å². The van der Waals surface area contributed by atoms with Crippen LogP contribution >= 0.6 is 11.3 Å². The number of rotatable bonds is 7. The molecule has 0 atom stereocenters. The number of thiophene rings is 1. The maximum absolute atomic E-state index is 12.4. The Morgan fingerprint density at radius 2 is 1.86 bits per heavy atom. The van der Waals surface area contributed by atoms with Gasteiger partial charge in [0.05, 0.1) is 5.69 Å². The lowest BCUT2D eigenvalue weighted by molar-refractivity contribution is 0.603. The van der Waals surface area contributed by atoms with Gasteiger partial charge in [-0.1, -0.05) is 32.0 Å². The van der Waals surface area contributed by atoms with Gasteiger partial charge in [-0.3, -0.25) is 4.72 Å². The molecule has 0 aliphatic carbocycles. The molecule has 0 fully saturated rings. The van der Waals surface area contributed by atoms with Crippen LogP contribution in [0.15, 0.2) is 40.6 Å². The molecule has 0 aliphatic rings. The van der Waals surface area contributed by atoms with E-state index in [1.54, 1.807) is 12.1 Å². The molecule has 1 heterocycles. The molecule has 1 aromatic heterocycles. The molecule has 0 amide bonds. The summed E-state index contributed by atoms with van der Waals surface area (Å²) in [5.74, 6) is 0. The van der Waals surface area contributed by atoms with Crippen LogP contribution in [0, 0.1) is 0 Å². The van der Waals surface area contributed by atoms with Gasteiger partial charge in [0.1, 0.15) is 4.21 Å². The number of anilines is 1. The molecule has 2 aromatic rings. The molecular formula is C15H20N2O2S2. The molecule has 0 radical (unpaired) electrons. The molecular weight excluding hydrogens is 304 g/mol. The molecule has 2 N–H and O–H groups in total. The molecule has 0 bridgehead atoms. The highest BCUT2D eigenvalue weighted by Crippen LogP contribution is 2.25. The predicted molar refractivity (Wildman–Crippen MR) is 88.3 cm³/mol. The standard InChI is InChI=1S/C15H20N2O2S2/c1-3-13-9-10-15(20-13)21(18,19)17-14-8-6-5-7-12(14)11-16-4-2/h5-10,16-17H,3-4,11H2,1-2H3. The Morgan fingerprint density at radius 1 is 1.10 bits per heavy atom. The highest BCUT2D eigenvalue weighted by molar-refractivity contribution is 7.94. The topological polar surface area (TPSA) is 58.2 Å². The fraction of sp³-hybridized carbons (Fsp3) is 0.333. The molecule has 21 heavy (non-hydrogen) atoms. The van der Waals surface area contributed by atoms with E-state index >= 15 is 0 Å². The third kappa shape index (κ3) is 4.06. The first-order valence-electron chi connectivity index (χ1n) is 6.97. The van der Waals surface area contributed by atoms with Gasteiger partial charge < -0.3 is 5.32 Å². The first-order chi connectivity index (χ1) is 10.1. The number of hydrogen-bond donors (Lipinski definition) is 2. The average molecular weight is 324 g/mol. The van der Waals surface area contributed by atoms with Crippen LogP contribution in [0.3, 0.4) is 0 Å². The summed E-state index contributed by atoms with van der Waals surface area (Å²) >= 11 is 1.32. The van der Waals surface area contributed by atoms with Crippen LogP contribution in [0.25, 0.3) is 0 Å². The van der Waals surface area contributed by atoms with Crippen molar-refractivity contribution in [2.45, 2.75) is 31.0 Å². The van der Waals surface area contributed by atoms with E-state index in [0.29, 0.717) is 16.4 Å². The van der Waals surface area contributed by atoms with E-state index in [2.05, 4.69) is 10.0 Å². The number of para-hydroxylation sites is 1. The smallest absolute Gasteiger partial charge is 0.271 e. The van der Waals surface area contributed by atoms with Crippen LogP contribution in [0.4, 0.5) is 5.69 Å². The third-order valence-corrected chi connectivity index (χ3v) is 6.16. The second-order valence-electron chi connectivity index (χ2n) is 4.62. The van der Waals surface area contributed by atoms with Crippen molar-refractivity contribution >= 4 is 27.0 Å². The molecule has 0 saturated carbocycles. The monoisotopic (exact) mass is 324 g/mol. The molecule has 0 saturated heterocycles.